The lowest BCUT2D eigenvalue weighted by Crippen LogP contribution is -2.52. The monoisotopic (exact) mass is 370 g/mol. The summed E-state index contributed by atoms with van der Waals surface area (Å²) in [7, 11) is -2.14. The van der Waals surface area contributed by atoms with Crippen LogP contribution in [0.25, 0.3) is 0 Å². The maximum absolute atomic E-state index is 12.7. The summed E-state index contributed by atoms with van der Waals surface area (Å²) in [5, 5.41) is 2.99. The molecule has 0 heterocycles. The van der Waals surface area contributed by atoms with Crippen LogP contribution in [0.2, 0.25) is 0 Å². The summed E-state index contributed by atoms with van der Waals surface area (Å²) < 4.78 is 31.0. The number of rotatable bonds is 8. The van der Waals surface area contributed by atoms with Gasteiger partial charge in [0, 0.05) is 12.1 Å². The molecule has 0 saturated carbocycles. The number of hydrogen-bond acceptors (Lipinski definition) is 4. The summed E-state index contributed by atoms with van der Waals surface area (Å²) in [5.41, 5.74) is 0.398. The van der Waals surface area contributed by atoms with Gasteiger partial charge < -0.3 is 10.1 Å². The van der Waals surface area contributed by atoms with Crippen molar-refractivity contribution in [1.82, 2.24) is 5.32 Å². The fraction of sp³-hybridized carbons (Fsp3) is 0.611. The van der Waals surface area contributed by atoms with Crippen molar-refractivity contribution in [2.24, 2.45) is 11.8 Å². The van der Waals surface area contributed by atoms with Crippen molar-refractivity contribution in [3.8, 4) is 5.75 Å². The second kappa shape index (κ2) is 8.56. The van der Waals surface area contributed by atoms with E-state index in [9.17, 15) is 13.2 Å². The summed E-state index contributed by atoms with van der Waals surface area (Å²) >= 11 is 0. The molecule has 1 atom stereocenters. The van der Waals surface area contributed by atoms with Crippen molar-refractivity contribution in [3.63, 3.8) is 0 Å². The van der Waals surface area contributed by atoms with Crippen LogP contribution in [0.3, 0.4) is 0 Å². The third-order valence-electron chi connectivity index (χ3n) is 4.14. The fourth-order valence-corrected chi connectivity index (χ4v) is 4.11. The predicted molar refractivity (Wildman–Crippen MR) is 101 cm³/mol. The molecule has 142 valence electrons. The number of ether oxygens (including phenoxy) is 1. The van der Waals surface area contributed by atoms with Crippen molar-refractivity contribution < 1.29 is 17.9 Å². The summed E-state index contributed by atoms with van der Waals surface area (Å²) in [6, 6.07) is 5.77. The summed E-state index contributed by atoms with van der Waals surface area (Å²) in [6.45, 7) is 9.73. The molecule has 0 radical (unpaired) electrons. The maximum atomic E-state index is 12.7. The lowest BCUT2D eigenvalue weighted by atomic mass is 9.93. The molecule has 7 heteroatoms. The molecule has 0 fully saturated rings. The number of hydrogen-bond donors (Lipinski definition) is 1. The number of nitrogens with zero attached hydrogens (tertiary/aromatic N) is 1. The van der Waals surface area contributed by atoms with Gasteiger partial charge in [0.2, 0.25) is 15.9 Å². The van der Waals surface area contributed by atoms with Gasteiger partial charge in [-0.1, -0.05) is 33.8 Å². The highest BCUT2D eigenvalue weighted by molar-refractivity contribution is 7.92. The molecule has 1 unspecified atom stereocenters. The molecule has 1 amide bonds. The number of methoxy groups -OCH3 is 1. The molecule has 25 heavy (non-hydrogen) atoms. The molecule has 0 aliphatic rings. The third kappa shape index (κ3) is 5.63. The zero-order chi connectivity index (χ0) is 19.4. The number of carbonyl (C=O) groups excluding carboxylic acids is 1. The first kappa shape index (κ1) is 21.3. The van der Waals surface area contributed by atoms with E-state index >= 15 is 0 Å². The Morgan fingerprint density at radius 2 is 1.68 bits per heavy atom. The van der Waals surface area contributed by atoms with E-state index in [0.29, 0.717) is 11.4 Å². The topological polar surface area (TPSA) is 75.7 Å². The molecule has 6 nitrogen and oxygen atoms in total. The normalized spacial score (nSPS) is 13.2. The smallest absolute Gasteiger partial charge is 0.243 e. The average molecular weight is 371 g/mol. The van der Waals surface area contributed by atoms with Gasteiger partial charge in [0.25, 0.3) is 0 Å². The highest BCUT2D eigenvalue weighted by Crippen LogP contribution is 2.25. The molecule has 0 bridgehead atoms. The Morgan fingerprint density at radius 3 is 2.12 bits per heavy atom. The van der Waals surface area contributed by atoms with Gasteiger partial charge in [-0.25, -0.2) is 8.42 Å². The van der Waals surface area contributed by atoms with Crippen molar-refractivity contribution in [2.75, 3.05) is 17.7 Å². The van der Waals surface area contributed by atoms with Gasteiger partial charge in [-0.15, -0.1) is 0 Å². The van der Waals surface area contributed by atoms with Crippen LogP contribution >= 0.6 is 0 Å². The van der Waals surface area contributed by atoms with Crippen LogP contribution in [0, 0.1) is 11.8 Å². The van der Waals surface area contributed by atoms with E-state index in [2.05, 4.69) is 5.32 Å². The van der Waals surface area contributed by atoms with Crippen LogP contribution in [0.1, 0.15) is 34.6 Å². The number of amides is 1. The van der Waals surface area contributed by atoms with Gasteiger partial charge >= 0.3 is 0 Å². The highest BCUT2D eigenvalue weighted by Gasteiger charge is 2.31. The molecule has 1 rings (SSSR count). The Hall–Kier alpha value is -1.76. The van der Waals surface area contributed by atoms with Gasteiger partial charge in [-0.05, 0) is 30.9 Å². The molecule has 0 aliphatic heterocycles. The third-order valence-corrected chi connectivity index (χ3v) is 5.38. The molecular weight excluding hydrogens is 340 g/mol. The van der Waals surface area contributed by atoms with Gasteiger partial charge in [-0.2, -0.15) is 0 Å². The quantitative estimate of drug-likeness (QED) is 0.763. The van der Waals surface area contributed by atoms with E-state index in [1.165, 1.54) is 7.11 Å². The van der Waals surface area contributed by atoms with E-state index in [1.807, 2.05) is 27.7 Å². The Balaban J connectivity index is 3.17. The van der Waals surface area contributed by atoms with Crippen LogP contribution in [0.5, 0.6) is 5.75 Å². The minimum Gasteiger partial charge on any atom is -0.497 e. The van der Waals surface area contributed by atoms with Crippen LogP contribution in [-0.2, 0) is 14.8 Å². The van der Waals surface area contributed by atoms with E-state index in [4.69, 9.17) is 4.74 Å². The zero-order valence-electron chi connectivity index (χ0n) is 16.1. The van der Waals surface area contributed by atoms with Crippen LogP contribution in [-0.4, -0.2) is 39.8 Å². The van der Waals surface area contributed by atoms with E-state index in [0.717, 1.165) is 10.6 Å². The number of carbonyl (C=O) groups is 1. The van der Waals surface area contributed by atoms with Crippen LogP contribution < -0.4 is 14.4 Å². The molecule has 1 N–H and O–H groups in total. The molecule has 1 aromatic rings. The van der Waals surface area contributed by atoms with E-state index < -0.39 is 16.1 Å². The Morgan fingerprint density at radius 1 is 1.12 bits per heavy atom. The van der Waals surface area contributed by atoms with Crippen LogP contribution in [0.4, 0.5) is 5.69 Å². The Labute approximate surface area is 151 Å². The molecule has 0 saturated heterocycles. The minimum atomic E-state index is -3.65. The van der Waals surface area contributed by atoms with E-state index in [1.54, 1.807) is 31.2 Å². The predicted octanol–water partition coefficient (Wildman–Crippen LogP) is 2.65. The van der Waals surface area contributed by atoms with Gasteiger partial charge in [0.05, 0.1) is 19.1 Å². The lowest BCUT2D eigenvalue weighted by Gasteiger charge is -2.32. The number of nitrogens with one attached hydrogen (secondary N) is 1. The fourth-order valence-electron chi connectivity index (χ4n) is 2.94. The minimum absolute atomic E-state index is 0.0262. The standard InChI is InChI=1S/C18H30N2O4S/c1-12(2)17(13(3)4)19-18(21)14(5)20(25(7,22)23)15-9-8-10-16(11-15)24-6/h8-14,17H,1-7H3,(H,19,21). The van der Waals surface area contributed by atoms with Crippen molar-refractivity contribution in [2.45, 2.75) is 46.7 Å². The number of sulfonamides is 1. The number of benzene rings is 1. The Bertz CT molecular complexity index is 678. The lowest BCUT2D eigenvalue weighted by molar-refractivity contribution is -0.123. The zero-order valence-corrected chi connectivity index (χ0v) is 16.9. The molecule has 0 aromatic heterocycles. The van der Waals surface area contributed by atoms with Gasteiger partial charge in [-0.3, -0.25) is 9.10 Å². The first-order chi connectivity index (χ1) is 11.5. The number of anilines is 1. The van der Waals surface area contributed by atoms with Crippen LogP contribution in [0.15, 0.2) is 24.3 Å². The van der Waals surface area contributed by atoms with Crippen molar-refractivity contribution in [1.29, 1.82) is 0 Å². The second-order valence-corrected chi connectivity index (χ2v) is 8.82. The summed E-state index contributed by atoms with van der Waals surface area (Å²) in [6.07, 6.45) is 1.10. The summed E-state index contributed by atoms with van der Waals surface area (Å²) in [5.74, 6) is 0.709. The van der Waals surface area contributed by atoms with Gasteiger partial charge in [0.1, 0.15) is 11.8 Å². The van der Waals surface area contributed by atoms with Crippen molar-refractivity contribution >= 4 is 21.6 Å². The average Bonchev–Trinajstić information content (AvgIpc) is 2.50. The van der Waals surface area contributed by atoms with E-state index in [-0.39, 0.29) is 23.8 Å². The highest BCUT2D eigenvalue weighted by atomic mass is 32.2. The van der Waals surface area contributed by atoms with Crippen molar-refractivity contribution in [3.05, 3.63) is 24.3 Å². The molecule has 0 aliphatic carbocycles. The first-order valence-electron chi connectivity index (χ1n) is 8.42. The second-order valence-electron chi connectivity index (χ2n) is 6.96. The Kier molecular flexibility index (Phi) is 7.29. The molecule has 0 spiro atoms. The van der Waals surface area contributed by atoms with Gasteiger partial charge in [0.15, 0.2) is 0 Å². The molecular formula is C18H30N2O4S. The maximum Gasteiger partial charge on any atom is 0.243 e. The first-order valence-corrected chi connectivity index (χ1v) is 10.3. The summed E-state index contributed by atoms with van der Waals surface area (Å²) in [4.78, 5) is 12.7. The SMILES string of the molecule is COc1cccc(N(C(C)C(=O)NC(C(C)C)C(C)C)S(C)(=O)=O)c1. The largest absolute Gasteiger partial charge is 0.497 e. The molecule has 1 aromatic carbocycles.